The highest BCUT2D eigenvalue weighted by Gasteiger charge is 2.13. The summed E-state index contributed by atoms with van der Waals surface area (Å²) in [6, 6.07) is 10.9. The Kier molecular flexibility index (Phi) is 7.02. The summed E-state index contributed by atoms with van der Waals surface area (Å²) in [6.07, 6.45) is 5.09. The van der Waals surface area contributed by atoms with Crippen LogP contribution in [0.5, 0.6) is 0 Å². The van der Waals surface area contributed by atoms with Gasteiger partial charge in [0.15, 0.2) is 5.96 Å². The molecular formula is C21H28FN5. The van der Waals surface area contributed by atoms with E-state index in [-0.39, 0.29) is 5.82 Å². The Morgan fingerprint density at radius 3 is 2.78 bits per heavy atom. The van der Waals surface area contributed by atoms with E-state index < -0.39 is 0 Å². The zero-order valence-corrected chi connectivity index (χ0v) is 15.9. The van der Waals surface area contributed by atoms with Gasteiger partial charge < -0.3 is 15.5 Å². The third kappa shape index (κ3) is 5.94. The number of hydrogen-bond donors (Lipinski definition) is 2. The first-order valence-corrected chi connectivity index (χ1v) is 9.71. The number of anilines is 1. The van der Waals surface area contributed by atoms with Gasteiger partial charge in [-0.25, -0.2) is 14.4 Å². The topological polar surface area (TPSA) is 52.6 Å². The molecule has 1 fully saturated rings. The van der Waals surface area contributed by atoms with E-state index in [2.05, 4.69) is 31.6 Å². The Morgan fingerprint density at radius 1 is 1.15 bits per heavy atom. The first-order valence-electron chi connectivity index (χ1n) is 9.71. The van der Waals surface area contributed by atoms with E-state index in [0.717, 1.165) is 49.0 Å². The molecule has 2 aromatic rings. The van der Waals surface area contributed by atoms with Gasteiger partial charge in [0, 0.05) is 32.4 Å². The Morgan fingerprint density at radius 2 is 2.00 bits per heavy atom. The minimum absolute atomic E-state index is 0.195. The molecular weight excluding hydrogens is 341 g/mol. The lowest BCUT2D eigenvalue weighted by Gasteiger charge is -2.16. The van der Waals surface area contributed by atoms with Gasteiger partial charge in [-0.1, -0.05) is 12.1 Å². The fourth-order valence-corrected chi connectivity index (χ4v) is 3.21. The summed E-state index contributed by atoms with van der Waals surface area (Å²) in [7, 11) is 0. The Hall–Kier alpha value is -2.63. The van der Waals surface area contributed by atoms with E-state index in [0.29, 0.717) is 13.1 Å². The number of aliphatic imine (C=N–C) groups is 1. The summed E-state index contributed by atoms with van der Waals surface area (Å²) < 4.78 is 13.3. The molecule has 0 amide bonds. The van der Waals surface area contributed by atoms with Crippen molar-refractivity contribution in [2.75, 3.05) is 31.1 Å². The van der Waals surface area contributed by atoms with Crippen molar-refractivity contribution >= 4 is 11.8 Å². The number of nitrogens with zero attached hydrogens (tertiary/aromatic N) is 3. The number of benzene rings is 1. The SMILES string of the molecule is CCNC(=NCc1ccnc(N2CCCC2)c1)NCCc1cccc(F)c1. The fraction of sp³-hybridized carbons (Fsp3) is 0.429. The van der Waals surface area contributed by atoms with Gasteiger partial charge in [-0.15, -0.1) is 0 Å². The Balaban J connectivity index is 1.56. The monoisotopic (exact) mass is 369 g/mol. The quantitative estimate of drug-likeness (QED) is 0.582. The van der Waals surface area contributed by atoms with E-state index in [4.69, 9.17) is 0 Å². The molecule has 0 radical (unpaired) electrons. The van der Waals surface area contributed by atoms with Gasteiger partial charge in [-0.3, -0.25) is 0 Å². The molecule has 0 unspecified atom stereocenters. The molecule has 1 aliphatic heterocycles. The highest BCUT2D eigenvalue weighted by Crippen LogP contribution is 2.18. The maximum atomic E-state index is 13.3. The van der Waals surface area contributed by atoms with Gasteiger partial charge in [-0.05, 0) is 61.6 Å². The van der Waals surface area contributed by atoms with Gasteiger partial charge >= 0.3 is 0 Å². The first kappa shape index (κ1) is 19.1. The average molecular weight is 369 g/mol. The zero-order valence-electron chi connectivity index (χ0n) is 15.9. The molecule has 3 rings (SSSR count). The number of aromatic nitrogens is 1. The highest BCUT2D eigenvalue weighted by atomic mass is 19.1. The van der Waals surface area contributed by atoms with Crippen LogP contribution < -0.4 is 15.5 Å². The molecule has 1 aliphatic rings. The van der Waals surface area contributed by atoms with E-state index in [9.17, 15) is 4.39 Å². The first-order chi connectivity index (χ1) is 13.2. The number of nitrogens with one attached hydrogen (secondary N) is 2. The Labute approximate surface area is 160 Å². The number of guanidine groups is 1. The van der Waals surface area contributed by atoms with Gasteiger partial charge in [0.25, 0.3) is 0 Å². The molecule has 0 bridgehead atoms. The Bertz CT molecular complexity index is 756. The van der Waals surface area contributed by atoms with Crippen molar-refractivity contribution in [3.8, 4) is 0 Å². The van der Waals surface area contributed by atoms with Crippen molar-refractivity contribution in [2.24, 2.45) is 4.99 Å². The molecule has 6 heteroatoms. The second-order valence-electron chi connectivity index (χ2n) is 6.72. The molecule has 1 saturated heterocycles. The van der Waals surface area contributed by atoms with Crippen molar-refractivity contribution in [3.63, 3.8) is 0 Å². The van der Waals surface area contributed by atoms with Crippen LogP contribution in [0.2, 0.25) is 0 Å². The summed E-state index contributed by atoms with van der Waals surface area (Å²) in [5, 5.41) is 6.58. The molecule has 0 aliphatic carbocycles. The highest BCUT2D eigenvalue weighted by molar-refractivity contribution is 5.79. The number of hydrogen-bond acceptors (Lipinski definition) is 3. The van der Waals surface area contributed by atoms with Crippen LogP contribution in [0.15, 0.2) is 47.6 Å². The molecule has 0 spiro atoms. The third-order valence-electron chi connectivity index (χ3n) is 4.60. The van der Waals surface area contributed by atoms with Crippen LogP contribution in [0, 0.1) is 5.82 Å². The fourth-order valence-electron chi connectivity index (χ4n) is 3.21. The van der Waals surface area contributed by atoms with Crippen LogP contribution in [0.25, 0.3) is 0 Å². The zero-order chi connectivity index (χ0) is 18.9. The van der Waals surface area contributed by atoms with E-state index in [1.54, 1.807) is 12.1 Å². The van der Waals surface area contributed by atoms with Gasteiger partial charge in [-0.2, -0.15) is 0 Å². The van der Waals surface area contributed by atoms with Crippen LogP contribution in [0.3, 0.4) is 0 Å². The minimum atomic E-state index is -0.195. The summed E-state index contributed by atoms with van der Waals surface area (Å²) in [5.74, 6) is 1.62. The predicted molar refractivity (Wildman–Crippen MR) is 109 cm³/mol. The normalized spacial score (nSPS) is 14.4. The summed E-state index contributed by atoms with van der Waals surface area (Å²) in [5.41, 5.74) is 2.12. The van der Waals surface area contributed by atoms with Crippen molar-refractivity contribution < 1.29 is 4.39 Å². The predicted octanol–water partition coefficient (Wildman–Crippen LogP) is 3.12. The lowest BCUT2D eigenvalue weighted by atomic mass is 10.1. The molecule has 5 nitrogen and oxygen atoms in total. The maximum Gasteiger partial charge on any atom is 0.191 e. The third-order valence-corrected chi connectivity index (χ3v) is 4.60. The largest absolute Gasteiger partial charge is 0.357 e. The van der Waals surface area contributed by atoms with Gasteiger partial charge in [0.1, 0.15) is 11.6 Å². The molecule has 1 aromatic carbocycles. The molecule has 144 valence electrons. The number of pyridine rings is 1. The maximum absolute atomic E-state index is 13.3. The standard InChI is InChI=1S/C21H28FN5/c1-2-23-21(25-11-8-17-6-5-7-19(22)14-17)26-16-18-9-10-24-20(15-18)27-12-3-4-13-27/h5-7,9-10,14-15H,2-4,8,11-13,16H2,1H3,(H2,23,25,26). The van der Waals surface area contributed by atoms with E-state index >= 15 is 0 Å². The molecule has 0 atom stereocenters. The van der Waals surface area contributed by atoms with Crippen LogP contribution in [0.1, 0.15) is 30.9 Å². The van der Waals surface area contributed by atoms with Crippen molar-refractivity contribution in [3.05, 3.63) is 59.5 Å². The summed E-state index contributed by atoms with van der Waals surface area (Å²) >= 11 is 0. The summed E-state index contributed by atoms with van der Waals surface area (Å²) in [4.78, 5) is 11.5. The smallest absolute Gasteiger partial charge is 0.191 e. The molecule has 2 heterocycles. The van der Waals surface area contributed by atoms with Crippen molar-refractivity contribution in [1.82, 2.24) is 15.6 Å². The van der Waals surface area contributed by atoms with Crippen LogP contribution in [-0.4, -0.2) is 37.1 Å². The number of rotatable bonds is 7. The van der Waals surface area contributed by atoms with Gasteiger partial charge in [0.05, 0.1) is 6.54 Å². The molecule has 27 heavy (non-hydrogen) atoms. The second-order valence-corrected chi connectivity index (χ2v) is 6.72. The van der Waals surface area contributed by atoms with E-state index in [1.165, 1.54) is 18.9 Å². The number of halogens is 1. The van der Waals surface area contributed by atoms with Crippen molar-refractivity contribution in [2.45, 2.75) is 32.7 Å². The molecule has 1 aromatic heterocycles. The lowest BCUT2D eigenvalue weighted by molar-refractivity contribution is 0.625. The minimum Gasteiger partial charge on any atom is -0.357 e. The van der Waals surface area contributed by atoms with Crippen molar-refractivity contribution in [1.29, 1.82) is 0 Å². The molecule has 0 saturated carbocycles. The second kappa shape index (κ2) is 9.90. The van der Waals surface area contributed by atoms with Gasteiger partial charge in [0.2, 0.25) is 0 Å². The van der Waals surface area contributed by atoms with Crippen LogP contribution in [-0.2, 0) is 13.0 Å². The van der Waals surface area contributed by atoms with Crippen LogP contribution in [0.4, 0.5) is 10.2 Å². The summed E-state index contributed by atoms with van der Waals surface area (Å²) in [6.45, 7) is 6.31. The average Bonchev–Trinajstić information content (AvgIpc) is 3.21. The molecule has 2 N–H and O–H groups in total. The van der Waals surface area contributed by atoms with Crippen LogP contribution >= 0.6 is 0 Å². The lowest BCUT2D eigenvalue weighted by Crippen LogP contribution is -2.38. The van der Waals surface area contributed by atoms with E-state index in [1.807, 2.05) is 25.3 Å².